The fourth-order valence-electron chi connectivity index (χ4n) is 2.73. The molecule has 7 heteroatoms. The Labute approximate surface area is 108 Å². The number of nitrogens with zero attached hydrogens (tertiary/aromatic N) is 1. The molecule has 2 rings (SSSR count). The number of nitrogens with two attached hydrogens (primary N) is 1. The number of primary sulfonamides is 1. The van der Waals surface area contributed by atoms with E-state index in [1.165, 1.54) is 0 Å². The number of likely N-dealkylation sites (tertiary alicyclic amines) is 1. The van der Waals surface area contributed by atoms with Gasteiger partial charge in [0, 0.05) is 19.1 Å². The molecule has 0 radical (unpaired) electrons. The summed E-state index contributed by atoms with van der Waals surface area (Å²) >= 11 is 0. The highest BCUT2D eigenvalue weighted by atomic mass is 32.2. The lowest BCUT2D eigenvalue weighted by molar-refractivity contribution is 0.183. The van der Waals surface area contributed by atoms with Crippen LogP contribution in [0, 0.1) is 0 Å². The summed E-state index contributed by atoms with van der Waals surface area (Å²) < 4.78 is 22.6. The van der Waals surface area contributed by atoms with E-state index in [2.05, 4.69) is 5.32 Å². The minimum atomic E-state index is -3.54. The van der Waals surface area contributed by atoms with Gasteiger partial charge in [-0.1, -0.05) is 12.8 Å². The molecule has 1 saturated heterocycles. The molecule has 0 aromatic rings. The van der Waals surface area contributed by atoms with E-state index in [0.29, 0.717) is 19.4 Å². The summed E-state index contributed by atoms with van der Waals surface area (Å²) in [5.41, 5.74) is 0. The second-order valence-corrected chi connectivity index (χ2v) is 7.07. The number of carbonyl (C=O) groups is 1. The predicted molar refractivity (Wildman–Crippen MR) is 68.5 cm³/mol. The highest BCUT2D eigenvalue weighted by molar-refractivity contribution is 7.89. The minimum Gasteiger partial charge on any atom is -0.335 e. The van der Waals surface area contributed by atoms with Crippen LogP contribution in [0.5, 0.6) is 0 Å². The van der Waals surface area contributed by atoms with Gasteiger partial charge in [0.2, 0.25) is 10.0 Å². The van der Waals surface area contributed by atoms with E-state index in [-0.39, 0.29) is 18.6 Å². The van der Waals surface area contributed by atoms with Crippen molar-refractivity contribution in [2.24, 2.45) is 5.14 Å². The van der Waals surface area contributed by atoms with Crippen LogP contribution in [0.4, 0.5) is 4.79 Å². The monoisotopic (exact) mass is 275 g/mol. The van der Waals surface area contributed by atoms with Crippen LogP contribution in [0.3, 0.4) is 0 Å². The van der Waals surface area contributed by atoms with Crippen LogP contribution < -0.4 is 10.5 Å². The molecular formula is C11H21N3O3S. The van der Waals surface area contributed by atoms with Gasteiger partial charge in [0.1, 0.15) is 0 Å². The van der Waals surface area contributed by atoms with Crippen molar-refractivity contribution in [1.29, 1.82) is 0 Å². The standard InChI is InChI=1S/C11H21N3O3S/c12-18(16,17)10-6-3-7-14(8-10)11(15)13-9-4-1-2-5-9/h9-10H,1-8H2,(H,13,15)(H2,12,16,17). The fraction of sp³-hybridized carbons (Fsp3) is 0.909. The molecule has 2 amide bonds. The van der Waals surface area contributed by atoms with Crippen LogP contribution >= 0.6 is 0 Å². The smallest absolute Gasteiger partial charge is 0.317 e. The quantitative estimate of drug-likeness (QED) is 0.763. The average Bonchev–Trinajstić information content (AvgIpc) is 2.81. The van der Waals surface area contributed by atoms with Crippen molar-refractivity contribution >= 4 is 16.1 Å². The zero-order valence-electron chi connectivity index (χ0n) is 10.5. The maximum Gasteiger partial charge on any atom is 0.317 e. The van der Waals surface area contributed by atoms with Crippen molar-refractivity contribution in [1.82, 2.24) is 10.2 Å². The van der Waals surface area contributed by atoms with Crippen LogP contribution in [0.1, 0.15) is 38.5 Å². The maximum absolute atomic E-state index is 12.0. The zero-order chi connectivity index (χ0) is 13.2. The third-order valence-electron chi connectivity index (χ3n) is 3.81. The summed E-state index contributed by atoms with van der Waals surface area (Å²) in [5, 5.41) is 7.51. The van der Waals surface area contributed by atoms with Crippen molar-refractivity contribution in [2.75, 3.05) is 13.1 Å². The number of hydrogen-bond donors (Lipinski definition) is 2. The number of sulfonamides is 1. The normalized spacial score (nSPS) is 26.3. The molecule has 3 N–H and O–H groups in total. The van der Waals surface area contributed by atoms with E-state index in [9.17, 15) is 13.2 Å². The summed E-state index contributed by atoms with van der Waals surface area (Å²) in [4.78, 5) is 13.6. The van der Waals surface area contributed by atoms with Gasteiger partial charge < -0.3 is 10.2 Å². The number of urea groups is 1. The Morgan fingerprint density at radius 3 is 2.44 bits per heavy atom. The fourth-order valence-corrected chi connectivity index (χ4v) is 3.61. The van der Waals surface area contributed by atoms with Gasteiger partial charge in [0.15, 0.2) is 0 Å². The lowest BCUT2D eigenvalue weighted by Gasteiger charge is -2.32. The molecule has 0 spiro atoms. The lowest BCUT2D eigenvalue weighted by atomic mass is 10.1. The molecule has 2 fully saturated rings. The second-order valence-electron chi connectivity index (χ2n) is 5.23. The minimum absolute atomic E-state index is 0.143. The van der Waals surface area contributed by atoms with Crippen molar-refractivity contribution in [3.8, 4) is 0 Å². The topological polar surface area (TPSA) is 92.5 Å². The molecule has 1 aliphatic heterocycles. The largest absolute Gasteiger partial charge is 0.335 e. The van der Waals surface area contributed by atoms with Gasteiger partial charge in [0.25, 0.3) is 0 Å². The van der Waals surface area contributed by atoms with Gasteiger partial charge in [-0.15, -0.1) is 0 Å². The third-order valence-corrected chi connectivity index (χ3v) is 5.13. The number of carbonyl (C=O) groups excluding carboxylic acids is 1. The first-order valence-corrected chi connectivity index (χ1v) is 8.15. The van der Waals surface area contributed by atoms with E-state index in [0.717, 1.165) is 25.7 Å². The molecule has 1 heterocycles. The Hall–Kier alpha value is -0.820. The SMILES string of the molecule is NS(=O)(=O)C1CCCN(C(=O)NC2CCCC2)C1. The number of hydrogen-bond acceptors (Lipinski definition) is 3. The Kier molecular flexibility index (Phi) is 4.11. The summed E-state index contributed by atoms with van der Waals surface area (Å²) in [6, 6.07) is 0.114. The van der Waals surface area contributed by atoms with Gasteiger partial charge in [0.05, 0.1) is 5.25 Å². The molecule has 6 nitrogen and oxygen atoms in total. The Balaban J connectivity index is 1.89. The van der Waals surface area contributed by atoms with Crippen LogP contribution in [0.25, 0.3) is 0 Å². The van der Waals surface area contributed by atoms with Crippen molar-refractivity contribution < 1.29 is 13.2 Å². The molecule has 0 aromatic heterocycles. The van der Waals surface area contributed by atoms with Crippen LogP contribution in [-0.4, -0.2) is 43.7 Å². The molecule has 1 saturated carbocycles. The van der Waals surface area contributed by atoms with Crippen LogP contribution in [0.2, 0.25) is 0 Å². The molecule has 1 unspecified atom stereocenters. The summed E-state index contributed by atoms with van der Waals surface area (Å²) in [7, 11) is -3.54. The first kappa shape index (κ1) is 13.6. The Morgan fingerprint density at radius 1 is 1.17 bits per heavy atom. The summed E-state index contributed by atoms with van der Waals surface area (Å²) in [5.74, 6) is 0. The molecular weight excluding hydrogens is 254 g/mol. The lowest BCUT2D eigenvalue weighted by Crippen LogP contribution is -2.51. The van der Waals surface area contributed by atoms with E-state index in [1.807, 2.05) is 0 Å². The summed E-state index contributed by atoms with van der Waals surface area (Å²) in [6.07, 6.45) is 5.61. The van der Waals surface area contributed by atoms with Crippen molar-refractivity contribution in [2.45, 2.75) is 49.8 Å². The molecule has 18 heavy (non-hydrogen) atoms. The molecule has 0 bridgehead atoms. The first-order chi connectivity index (χ1) is 8.47. The van der Waals surface area contributed by atoms with E-state index in [4.69, 9.17) is 5.14 Å². The molecule has 2 aliphatic rings. The third kappa shape index (κ3) is 3.35. The number of rotatable bonds is 2. The number of piperidine rings is 1. The van der Waals surface area contributed by atoms with Crippen molar-refractivity contribution in [3.05, 3.63) is 0 Å². The van der Waals surface area contributed by atoms with E-state index < -0.39 is 15.3 Å². The van der Waals surface area contributed by atoms with Gasteiger partial charge >= 0.3 is 6.03 Å². The van der Waals surface area contributed by atoms with Gasteiger partial charge in [-0.2, -0.15) is 0 Å². The summed E-state index contributed by atoms with van der Waals surface area (Å²) in [6.45, 7) is 0.835. The van der Waals surface area contributed by atoms with E-state index >= 15 is 0 Å². The number of amides is 2. The van der Waals surface area contributed by atoms with Gasteiger partial charge in [-0.3, -0.25) is 0 Å². The highest BCUT2D eigenvalue weighted by Gasteiger charge is 2.31. The maximum atomic E-state index is 12.0. The Morgan fingerprint density at radius 2 is 1.83 bits per heavy atom. The van der Waals surface area contributed by atoms with E-state index in [1.54, 1.807) is 4.90 Å². The molecule has 1 atom stereocenters. The van der Waals surface area contributed by atoms with Crippen molar-refractivity contribution in [3.63, 3.8) is 0 Å². The molecule has 0 aromatic carbocycles. The molecule has 1 aliphatic carbocycles. The Bertz CT molecular complexity index is 404. The van der Waals surface area contributed by atoms with Gasteiger partial charge in [-0.05, 0) is 25.7 Å². The first-order valence-electron chi connectivity index (χ1n) is 6.54. The zero-order valence-corrected chi connectivity index (χ0v) is 11.3. The highest BCUT2D eigenvalue weighted by Crippen LogP contribution is 2.19. The van der Waals surface area contributed by atoms with Gasteiger partial charge in [-0.25, -0.2) is 18.4 Å². The van der Waals surface area contributed by atoms with Crippen LogP contribution in [-0.2, 0) is 10.0 Å². The predicted octanol–water partition coefficient (Wildman–Crippen LogP) is 0.392. The average molecular weight is 275 g/mol. The van der Waals surface area contributed by atoms with Crippen LogP contribution in [0.15, 0.2) is 0 Å². The number of nitrogens with one attached hydrogen (secondary N) is 1. The second kappa shape index (κ2) is 5.44. The molecule has 104 valence electrons.